The molecule has 1 heterocycles. The lowest BCUT2D eigenvalue weighted by Gasteiger charge is -2.04. The van der Waals surface area contributed by atoms with E-state index in [1.54, 1.807) is 18.2 Å². The van der Waals surface area contributed by atoms with Crippen LogP contribution < -0.4 is 4.80 Å². The smallest absolute Gasteiger partial charge is 0.272 e. The standard InChI is InChI=1S/C21H21N3O3S/c1-4-10-23-18-11-14(2)15(3)12-19(18)28-21(23)22-20(25)9-8-16-6-5-7-17(13-16)24(26)27/h5-9,11-13H,4,10H2,1-3H3/b9-8+,22-21?. The van der Waals surface area contributed by atoms with Crippen LogP contribution in [0.2, 0.25) is 0 Å². The number of nitro groups is 1. The van der Waals surface area contributed by atoms with Crippen molar-refractivity contribution in [3.05, 3.63) is 74.1 Å². The van der Waals surface area contributed by atoms with E-state index in [0.29, 0.717) is 10.4 Å². The Labute approximate surface area is 166 Å². The number of nitrogens with zero attached hydrogens (tertiary/aromatic N) is 3. The van der Waals surface area contributed by atoms with Gasteiger partial charge in [0.1, 0.15) is 0 Å². The van der Waals surface area contributed by atoms with Gasteiger partial charge in [-0.05, 0) is 55.2 Å². The molecule has 1 amide bonds. The molecule has 0 spiro atoms. The minimum atomic E-state index is -0.460. The SMILES string of the molecule is CCCn1c(=NC(=O)/C=C/c2cccc([N+](=O)[O-])c2)sc2cc(C)c(C)cc21. The molecule has 2 aromatic carbocycles. The minimum Gasteiger partial charge on any atom is -0.316 e. The Bertz CT molecular complexity index is 1160. The summed E-state index contributed by atoms with van der Waals surface area (Å²) in [5, 5.41) is 10.9. The Hall–Kier alpha value is -3.06. The molecule has 0 aliphatic rings. The fourth-order valence-electron chi connectivity index (χ4n) is 2.89. The molecule has 0 saturated heterocycles. The maximum atomic E-state index is 12.4. The van der Waals surface area contributed by atoms with E-state index in [2.05, 4.69) is 42.5 Å². The van der Waals surface area contributed by atoms with Crippen LogP contribution in [0.15, 0.2) is 47.5 Å². The number of aryl methyl sites for hydroxylation is 3. The van der Waals surface area contributed by atoms with Gasteiger partial charge >= 0.3 is 0 Å². The summed E-state index contributed by atoms with van der Waals surface area (Å²) in [6.45, 7) is 7.02. The second-order valence-corrected chi connectivity index (χ2v) is 7.59. The third-order valence-corrected chi connectivity index (χ3v) is 5.49. The average Bonchev–Trinajstić information content (AvgIpc) is 2.97. The first-order chi connectivity index (χ1) is 13.4. The van der Waals surface area contributed by atoms with Gasteiger partial charge in [0, 0.05) is 24.8 Å². The molecule has 0 atom stereocenters. The summed E-state index contributed by atoms with van der Waals surface area (Å²) in [7, 11) is 0. The molecule has 0 radical (unpaired) electrons. The third-order valence-electron chi connectivity index (χ3n) is 4.45. The van der Waals surface area contributed by atoms with E-state index < -0.39 is 10.8 Å². The van der Waals surface area contributed by atoms with E-state index in [1.165, 1.54) is 40.7 Å². The van der Waals surface area contributed by atoms with Gasteiger partial charge in [0.2, 0.25) is 0 Å². The van der Waals surface area contributed by atoms with Gasteiger partial charge in [0.05, 0.1) is 15.1 Å². The molecule has 1 aromatic heterocycles. The lowest BCUT2D eigenvalue weighted by molar-refractivity contribution is -0.384. The first-order valence-corrected chi connectivity index (χ1v) is 9.82. The van der Waals surface area contributed by atoms with E-state index in [0.717, 1.165) is 23.2 Å². The summed E-state index contributed by atoms with van der Waals surface area (Å²) in [4.78, 5) is 27.7. The highest BCUT2D eigenvalue weighted by atomic mass is 32.1. The molecule has 144 valence electrons. The monoisotopic (exact) mass is 395 g/mol. The van der Waals surface area contributed by atoms with Crippen molar-refractivity contribution in [2.45, 2.75) is 33.7 Å². The van der Waals surface area contributed by atoms with Gasteiger partial charge in [-0.15, -0.1) is 0 Å². The Balaban J connectivity index is 1.97. The number of thiazole rings is 1. The van der Waals surface area contributed by atoms with Crippen molar-refractivity contribution < 1.29 is 9.72 Å². The summed E-state index contributed by atoms with van der Waals surface area (Å²) in [5.41, 5.74) is 4.08. The highest BCUT2D eigenvalue weighted by Crippen LogP contribution is 2.22. The Morgan fingerprint density at radius 1 is 1.25 bits per heavy atom. The van der Waals surface area contributed by atoms with Crippen molar-refractivity contribution >= 4 is 39.2 Å². The molecule has 0 aliphatic carbocycles. The maximum Gasteiger partial charge on any atom is 0.272 e. The van der Waals surface area contributed by atoms with Crippen LogP contribution in [0.4, 0.5) is 5.69 Å². The molecule has 0 N–H and O–H groups in total. The molecule has 7 heteroatoms. The molecule has 0 unspecified atom stereocenters. The molecular formula is C21H21N3O3S. The summed E-state index contributed by atoms with van der Waals surface area (Å²) < 4.78 is 3.18. The Kier molecular flexibility index (Phi) is 5.84. The van der Waals surface area contributed by atoms with Crippen molar-refractivity contribution in [1.82, 2.24) is 4.57 Å². The topological polar surface area (TPSA) is 77.5 Å². The zero-order valence-electron chi connectivity index (χ0n) is 16.0. The van der Waals surface area contributed by atoms with Crippen molar-refractivity contribution in [2.24, 2.45) is 4.99 Å². The fraction of sp³-hybridized carbons (Fsp3) is 0.238. The Morgan fingerprint density at radius 3 is 2.71 bits per heavy atom. The quantitative estimate of drug-likeness (QED) is 0.354. The lowest BCUT2D eigenvalue weighted by atomic mass is 10.1. The van der Waals surface area contributed by atoms with Gasteiger partial charge in [-0.1, -0.05) is 30.4 Å². The Morgan fingerprint density at radius 2 is 2.00 bits per heavy atom. The van der Waals surface area contributed by atoms with Gasteiger partial charge in [0.25, 0.3) is 11.6 Å². The molecule has 3 rings (SSSR count). The molecule has 0 saturated carbocycles. The highest BCUT2D eigenvalue weighted by Gasteiger charge is 2.09. The number of carbonyl (C=O) groups excluding carboxylic acids is 1. The average molecular weight is 395 g/mol. The number of rotatable bonds is 5. The molecule has 3 aromatic rings. The van der Waals surface area contributed by atoms with E-state index in [9.17, 15) is 14.9 Å². The van der Waals surface area contributed by atoms with Crippen molar-refractivity contribution in [2.75, 3.05) is 0 Å². The van der Waals surface area contributed by atoms with Crippen LogP contribution >= 0.6 is 11.3 Å². The zero-order valence-corrected chi connectivity index (χ0v) is 16.8. The predicted octanol–water partition coefficient (Wildman–Crippen LogP) is 4.78. The number of fused-ring (bicyclic) bond motifs is 1. The molecule has 0 bridgehead atoms. The number of benzene rings is 2. The number of non-ortho nitro benzene ring substituents is 1. The van der Waals surface area contributed by atoms with Crippen LogP contribution in [0.5, 0.6) is 0 Å². The van der Waals surface area contributed by atoms with E-state index in [-0.39, 0.29) is 5.69 Å². The summed E-state index contributed by atoms with van der Waals surface area (Å²) >= 11 is 1.50. The molecule has 6 nitrogen and oxygen atoms in total. The fourth-order valence-corrected chi connectivity index (χ4v) is 4.03. The first-order valence-electron chi connectivity index (χ1n) is 9.01. The highest BCUT2D eigenvalue weighted by molar-refractivity contribution is 7.16. The second-order valence-electron chi connectivity index (χ2n) is 6.58. The largest absolute Gasteiger partial charge is 0.316 e. The number of amides is 1. The first kappa shape index (κ1) is 19.7. The number of carbonyl (C=O) groups is 1. The number of hydrogen-bond acceptors (Lipinski definition) is 4. The second kappa shape index (κ2) is 8.31. The van der Waals surface area contributed by atoms with Crippen molar-refractivity contribution in [1.29, 1.82) is 0 Å². The van der Waals surface area contributed by atoms with Gasteiger partial charge < -0.3 is 4.57 Å². The van der Waals surface area contributed by atoms with Crippen LogP contribution in [0.3, 0.4) is 0 Å². The van der Waals surface area contributed by atoms with E-state index in [4.69, 9.17) is 0 Å². The van der Waals surface area contributed by atoms with Crippen molar-refractivity contribution in [3.63, 3.8) is 0 Å². The molecule has 0 aliphatic heterocycles. The van der Waals surface area contributed by atoms with Crippen LogP contribution in [0.25, 0.3) is 16.3 Å². The predicted molar refractivity (Wildman–Crippen MR) is 112 cm³/mol. The lowest BCUT2D eigenvalue weighted by Crippen LogP contribution is -2.16. The zero-order chi connectivity index (χ0) is 20.3. The van der Waals surface area contributed by atoms with Crippen LogP contribution in [-0.4, -0.2) is 15.4 Å². The minimum absolute atomic E-state index is 0.0115. The van der Waals surface area contributed by atoms with Gasteiger partial charge in [-0.25, -0.2) is 0 Å². The molecular weight excluding hydrogens is 374 g/mol. The van der Waals surface area contributed by atoms with Crippen molar-refractivity contribution in [3.8, 4) is 0 Å². The number of hydrogen-bond donors (Lipinski definition) is 0. The molecule has 28 heavy (non-hydrogen) atoms. The summed E-state index contributed by atoms with van der Waals surface area (Å²) in [6.07, 6.45) is 3.82. The third kappa shape index (κ3) is 4.26. The number of aromatic nitrogens is 1. The van der Waals surface area contributed by atoms with Gasteiger partial charge in [-0.2, -0.15) is 4.99 Å². The normalized spacial score (nSPS) is 12.2. The number of nitro benzene ring substituents is 1. The van der Waals surface area contributed by atoms with E-state index >= 15 is 0 Å². The van der Waals surface area contributed by atoms with Crippen LogP contribution in [0.1, 0.15) is 30.0 Å². The van der Waals surface area contributed by atoms with Gasteiger partial charge in [0.15, 0.2) is 4.80 Å². The van der Waals surface area contributed by atoms with Crippen LogP contribution in [-0.2, 0) is 11.3 Å². The van der Waals surface area contributed by atoms with Gasteiger partial charge in [-0.3, -0.25) is 14.9 Å². The van der Waals surface area contributed by atoms with E-state index in [1.807, 2.05) is 0 Å². The summed E-state index contributed by atoms with van der Waals surface area (Å²) in [5.74, 6) is -0.392. The summed E-state index contributed by atoms with van der Waals surface area (Å²) in [6, 6.07) is 10.4. The molecule has 0 fully saturated rings. The maximum absolute atomic E-state index is 12.4. The van der Waals surface area contributed by atoms with Crippen LogP contribution in [0, 0.1) is 24.0 Å².